The molecule has 5 nitrogen and oxygen atoms in total. The molecule has 2 rings (SSSR count). The smallest absolute Gasteiger partial charge is 0.247 e. The average molecular weight is 328 g/mol. The van der Waals surface area contributed by atoms with Crippen molar-refractivity contribution in [2.24, 2.45) is 0 Å². The first-order chi connectivity index (χ1) is 8.49. The van der Waals surface area contributed by atoms with E-state index in [0.29, 0.717) is 10.0 Å². The summed E-state index contributed by atoms with van der Waals surface area (Å²) in [7, 11) is -3.67. The number of aromatic nitrogens is 2. The van der Waals surface area contributed by atoms with Crippen LogP contribution in [0.15, 0.2) is 46.0 Å². The Balaban J connectivity index is 2.40. The van der Waals surface area contributed by atoms with E-state index in [1.54, 1.807) is 31.2 Å². The van der Waals surface area contributed by atoms with Crippen molar-refractivity contribution in [2.45, 2.75) is 11.8 Å². The van der Waals surface area contributed by atoms with Crippen LogP contribution in [0.25, 0.3) is 0 Å². The predicted molar refractivity (Wildman–Crippen MR) is 71.7 cm³/mol. The minimum atomic E-state index is -3.67. The molecule has 0 aliphatic heterocycles. The summed E-state index contributed by atoms with van der Waals surface area (Å²) >= 11 is 3.25. The van der Waals surface area contributed by atoms with Crippen LogP contribution in [0.4, 0.5) is 5.95 Å². The van der Waals surface area contributed by atoms with Gasteiger partial charge in [0.25, 0.3) is 10.0 Å². The Morgan fingerprint density at radius 3 is 2.56 bits per heavy atom. The van der Waals surface area contributed by atoms with E-state index < -0.39 is 10.0 Å². The second kappa shape index (κ2) is 5.03. The van der Waals surface area contributed by atoms with Crippen molar-refractivity contribution < 1.29 is 8.42 Å². The van der Waals surface area contributed by atoms with E-state index in [-0.39, 0.29) is 10.8 Å². The van der Waals surface area contributed by atoms with Crippen LogP contribution in [0.1, 0.15) is 5.56 Å². The zero-order valence-corrected chi connectivity index (χ0v) is 11.9. The van der Waals surface area contributed by atoms with Gasteiger partial charge in [-0.05, 0) is 30.7 Å². The fourth-order valence-electron chi connectivity index (χ4n) is 1.39. The van der Waals surface area contributed by atoms with E-state index in [0.717, 1.165) is 0 Å². The lowest BCUT2D eigenvalue weighted by Gasteiger charge is -2.09. The van der Waals surface area contributed by atoms with E-state index in [1.165, 1.54) is 12.4 Å². The first kappa shape index (κ1) is 13.0. The van der Waals surface area contributed by atoms with E-state index in [2.05, 4.69) is 30.6 Å². The van der Waals surface area contributed by atoms with Crippen molar-refractivity contribution in [3.63, 3.8) is 0 Å². The topological polar surface area (TPSA) is 72.0 Å². The summed E-state index contributed by atoms with van der Waals surface area (Å²) < 4.78 is 27.4. The maximum absolute atomic E-state index is 12.2. The van der Waals surface area contributed by atoms with Crippen LogP contribution in [0.3, 0.4) is 0 Å². The van der Waals surface area contributed by atoms with Gasteiger partial charge in [-0.2, -0.15) is 0 Å². The molecule has 0 aliphatic rings. The summed E-state index contributed by atoms with van der Waals surface area (Å²) in [6, 6.07) is 6.67. The van der Waals surface area contributed by atoms with Gasteiger partial charge in [0, 0.05) is 16.9 Å². The molecule has 0 aliphatic carbocycles. The number of aryl methyl sites for hydroxylation is 1. The fourth-order valence-corrected chi connectivity index (χ4v) is 3.13. The lowest BCUT2D eigenvalue weighted by Crippen LogP contribution is -2.16. The van der Waals surface area contributed by atoms with Crippen LogP contribution in [0, 0.1) is 6.92 Å². The van der Waals surface area contributed by atoms with Crippen molar-refractivity contribution in [3.8, 4) is 0 Å². The molecule has 0 spiro atoms. The third-order valence-electron chi connectivity index (χ3n) is 2.23. The summed E-state index contributed by atoms with van der Waals surface area (Å²) in [6.07, 6.45) is 2.94. The third kappa shape index (κ3) is 2.85. The second-order valence-electron chi connectivity index (χ2n) is 3.59. The fraction of sp³-hybridized carbons (Fsp3) is 0.0909. The van der Waals surface area contributed by atoms with Gasteiger partial charge in [0.15, 0.2) is 0 Å². The Morgan fingerprint density at radius 2 is 1.89 bits per heavy atom. The van der Waals surface area contributed by atoms with Crippen LogP contribution in [0.2, 0.25) is 0 Å². The second-order valence-corrected chi connectivity index (χ2v) is 6.15. The predicted octanol–water partition coefficient (Wildman–Crippen LogP) is 2.35. The van der Waals surface area contributed by atoms with Crippen LogP contribution >= 0.6 is 15.9 Å². The van der Waals surface area contributed by atoms with Crippen molar-refractivity contribution >= 4 is 31.9 Å². The maximum Gasteiger partial charge on any atom is 0.264 e. The molecule has 0 bridgehead atoms. The monoisotopic (exact) mass is 327 g/mol. The zero-order valence-electron chi connectivity index (χ0n) is 9.46. The molecule has 7 heteroatoms. The Kier molecular flexibility index (Phi) is 3.63. The normalized spacial score (nSPS) is 11.2. The van der Waals surface area contributed by atoms with Gasteiger partial charge in [-0.1, -0.05) is 22.0 Å². The molecule has 18 heavy (non-hydrogen) atoms. The Hall–Kier alpha value is -1.47. The maximum atomic E-state index is 12.2. The molecule has 0 atom stereocenters. The third-order valence-corrected chi connectivity index (χ3v) is 4.19. The number of hydrogen-bond donors (Lipinski definition) is 1. The molecule has 2 aromatic rings. The summed E-state index contributed by atoms with van der Waals surface area (Å²) in [5.41, 5.74) is 0.654. The Labute approximate surface area is 113 Å². The number of nitrogens with one attached hydrogen (secondary N) is 1. The molecule has 1 aromatic heterocycles. The highest BCUT2D eigenvalue weighted by molar-refractivity contribution is 9.10. The van der Waals surface area contributed by atoms with Gasteiger partial charge in [-0.15, -0.1) is 0 Å². The quantitative estimate of drug-likeness (QED) is 0.939. The summed E-state index contributed by atoms with van der Waals surface area (Å²) in [6.45, 7) is 1.73. The lowest BCUT2D eigenvalue weighted by molar-refractivity contribution is 0.600. The van der Waals surface area contributed by atoms with Crippen molar-refractivity contribution in [1.82, 2.24) is 9.97 Å². The number of benzene rings is 1. The molecule has 0 radical (unpaired) electrons. The minimum Gasteiger partial charge on any atom is -0.247 e. The summed E-state index contributed by atoms with van der Waals surface area (Å²) in [5.74, 6) is 0.0527. The molecule has 1 N–H and O–H groups in total. The number of rotatable bonds is 3. The number of sulfonamides is 1. The molecular weight excluding hydrogens is 318 g/mol. The largest absolute Gasteiger partial charge is 0.264 e. The molecule has 0 amide bonds. The Bertz CT molecular complexity index is 659. The number of halogens is 1. The van der Waals surface area contributed by atoms with Crippen molar-refractivity contribution in [2.75, 3.05) is 4.72 Å². The summed E-state index contributed by atoms with van der Waals surface area (Å²) in [4.78, 5) is 7.86. The van der Waals surface area contributed by atoms with Crippen molar-refractivity contribution in [3.05, 3.63) is 46.7 Å². The zero-order chi connectivity index (χ0) is 13.2. The highest BCUT2D eigenvalue weighted by Gasteiger charge is 2.18. The van der Waals surface area contributed by atoms with Gasteiger partial charge in [0.2, 0.25) is 5.95 Å². The van der Waals surface area contributed by atoms with Crippen LogP contribution in [0.5, 0.6) is 0 Å². The van der Waals surface area contributed by atoms with E-state index >= 15 is 0 Å². The summed E-state index contributed by atoms with van der Waals surface area (Å²) in [5, 5.41) is 0. The number of nitrogens with zero attached hydrogens (tertiary/aromatic N) is 2. The Morgan fingerprint density at radius 1 is 1.22 bits per heavy atom. The molecule has 0 saturated carbocycles. The van der Waals surface area contributed by atoms with Gasteiger partial charge in [0.1, 0.15) is 0 Å². The first-order valence-corrected chi connectivity index (χ1v) is 7.33. The van der Waals surface area contributed by atoms with Gasteiger partial charge in [-0.3, -0.25) is 0 Å². The molecule has 94 valence electrons. The van der Waals surface area contributed by atoms with Gasteiger partial charge in [0.05, 0.1) is 4.90 Å². The number of hydrogen-bond acceptors (Lipinski definition) is 4. The average Bonchev–Trinajstić information content (AvgIpc) is 2.33. The SMILES string of the molecule is Cc1ccc(Br)cc1S(=O)(=O)Nc1ncccn1. The van der Waals surface area contributed by atoms with Gasteiger partial charge in [-0.25, -0.2) is 23.1 Å². The van der Waals surface area contributed by atoms with Crippen LogP contribution < -0.4 is 4.72 Å². The molecule has 1 aromatic carbocycles. The molecule has 0 fully saturated rings. The highest BCUT2D eigenvalue weighted by Crippen LogP contribution is 2.21. The lowest BCUT2D eigenvalue weighted by atomic mass is 10.2. The molecule has 1 heterocycles. The van der Waals surface area contributed by atoms with Gasteiger partial charge < -0.3 is 0 Å². The first-order valence-electron chi connectivity index (χ1n) is 5.05. The van der Waals surface area contributed by atoms with E-state index in [9.17, 15) is 8.42 Å². The van der Waals surface area contributed by atoms with Crippen LogP contribution in [-0.4, -0.2) is 18.4 Å². The van der Waals surface area contributed by atoms with E-state index in [4.69, 9.17) is 0 Å². The highest BCUT2D eigenvalue weighted by atomic mass is 79.9. The standard InChI is InChI=1S/C11H10BrN3O2S/c1-8-3-4-9(12)7-10(8)18(16,17)15-11-13-5-2-6-14-11/h2-7H,1H3,(H,13,14,15). The minimum absolute atomic E-state index is 0.0527. The van der Waals surface area contributed by atoms with Crippen LogP contribution in [-0.2, 0) is 10.0 Å². The molecule has 0 unspecified atom stereocenters. The molecular formula is C11H10BrN3O2S. The number of anilines is 1. The van der Waals surface area contributed by atoms with Crippen molar-refractivity contribution in [1.29, 1.82) is 0 Å². The van der Waals surface area contributed by atoms with E-state index in [1.807, 2.05) is 0 Å². The molecule has 0 saturated heterocycles. The van der Waals surface area contributed by atoms with Gasteiger partial charge >= 0.3 is 0 Å².